The fourth-order valence-electron chi connectivity index (χ4n) is 3.51. The van der Waals surface area contributed by atoms with E-state index >= 15 is 0 Å². The highest BCUT2D eigenvalue weighted by Crippen LogP contribution is 2.40. The van der Waals surface area contributed by atoms with Gasteiger partial charge in [0.2, 0.25) is 0 Å². The Morgan fingerprint density at radius 1 is 1.35 bits per heavy atom. The van der Waals surface area contributed by atoms with Crippen molar-refractivity contribution < 1.29 is 4.39 Å². The van der Waals surface area contributed by atoms with Gasteiger partial charge in [0.15, 0.2) is 0 Å². The van der Waals surface area contributed by atoms with E-state index in [9.17, 15) is 4.39 Å². The lowest BCUT2D eigenvalue weighted by Gasteiger charge is -2.35. The fraction of sp³-hybridized carbons (Fsp3) is 0.647. The molecule has 112 valence electrons. The van der Waals surface area contributed by atoms with E-state index in [-0.39, 0.29) is 5.82 Å². The number of benzene rings is 1. The highest BCUT2D eigenvalue weighted by molar-refractivity contribution is 9.10. The summed E-state index contributed by atoms with van der Waals surface area (Å²) >= 11 is 3.54. The van der Waals surface area contributed by atoms with Gasteiger partial charge in [-0.2, -0.15) is 0 Å². The van der Waals surface area contributed by atoms with Gasteiger partial charge in [-0.25, -0.2) is 4.39 Å². The summed E-state index contributed by atoms with van der Waals surface area (Å²) in [5.74, 6) is 1.34. The zero-order chi connectivity index (χ0) is 14.5. The zero-order valence-electron chi connectivity index (χ0n) is 12.5. The van der Waals surface area contributed by atoms with Gasteiger partial charge in [-0.1, -0.05) is 55.1 Å². The van der Waals surface area contributed by atoms with Crippen LogP contribution in [-0.4, -0.2) is 6.54 Å². The van der Waals surface area contributed by atoms with Crippen LogP contribution in [0.3, 0.4) is 0 Å². The molecule has 20 heavy (non-hydrogen) atoms. The third-order valence-electron chi connectivity index (χ3n) is 4.59. The first-order chi connectivity index (χ1) is 9.65. The minimum atomic E-state index is -0.175. The van der Waals surface area contributed by atoms with E-state index < -0.39 is 0 Å². The number of hydrogen-bond donors (Lipinski definition) is 1. The molecular weight excluding hydrogens is 317 g/mol. The van der Waals surface area contributed by atoms with E-state index in [0.29, 0.717) is 12.0 Å². The van der Waals surface area contributed by atoms with Gasteiger partial charge in [0.1, 0.15) is 5.82 Å². The quantitative estimate of drug-likeness (QED) is 0.750. The Morgan fingerprint density at radius 3 is 2.80 bits per heavy atom. The zero-order valence-corrected chi connectivity index (χ0v) is 14.0. The van der Waals surface area contributed by atoms with Gasteiger partial charge in [-0.15, -0.1) is 0 Å². The largest absolute Gasteiger partial charge is 0.310 e. The molecule has 1 aromatic carbocycles. The Morgan fingerprint density at radius 2 is 2.15 bits per heavy atom. The minimum absolute atomic E-state index is 0.175. The average molecular weight is 342 g/mol. The van der Waals surface area contributed by atoms with Crippen LogP contribution in [-0.2, 0) is 0 Å². The molecule has 0 bridgehead atoms. The molecule has 0 heterocycles. The molecular formula is C17H25BrFN. The molecule has 0 radical (unpaired) electrons. The van der Waals surface area contributed by atoms with E-state index in [1.54, 1.807) is 12.1 Å². The number of rotatable bonds is 5. The molecule has 0 aliphatic heterocycles. The van der Waals surface area contributed by atoms with Crippen LogP contribution in [0.25, 0.3) is 0 Å². The lowest BCUT2D eigenvalue weighted by atomic mass is 9.75. The molecule has 2 rings (SSSR count). The first-order valence-electron chi connectivity index (χ1n) is 7.84. The second-order valence-electron chi connectivity index (χ2n) is 5.90. The van der Waals surface area contributed by atoms with Gasteiger partial charge in [0, 0.05) is 10.5 Å². The van der Waals surface area contributed by atoms with E-state index in [1.165, 1.54) is 37.7 Å². The SMILES string of the molecule is CCNC(c1ccc(F)cc1Br)C1CCCC(CC)C1. The summed E-state index contributed by atoms with van der Waals surface area (Å²) in [5, 5.41) is 3.62. The van der Waals surface area contributed by atoms with Crippen LogP contribution in [0.1, 0.15) is 57.6 Å². The van der Waals surface area contributed by atoms with Gasteiger partial charge in [-0.3, -0.25) is 0 Å². The second-order valence-corrected chi connectivity index (χ2v) is 6.76. The third-order valence-corrected chi connectivity index (χ3v) is 5.28. The third kappa shape index (κ3) is 3.82. The van der Waals surface area contributed by atoms with Crippen molar-refractivity contribution in [2.75, 3.05) is 6.54 Å². The van der Waals surface area contributed by atoms with Crippen molar-refractivity contribution in [1.82, 2.24) is 5.32 Å². The molecule has 0 spiro atoms. The van der Waals surface area contributed by atoms with E-state index in [2.05, 4.69) is 35.1 Å². The standard InChI is InChI=1S/C17H25BrFN/c1-3-12-6-5-7-13(10-12)17(20-4-2)15-9-8-14(19)11-16(15)18/h8-9,11-13,17,20H,3-7,10H2,1-2H3. The van der Waals surface area contributed by atoms with Crippen LogP contribution < -0.4 is 5.32 Å². The Kier molecular flexibility index (Phi) is 6.03. The van der Waals surface area contributed by atoms with Crippen LogP contribution in [0.15, 0.2) is 22.7 Å². The summed E-state index contributed by atoms with van der Waals surface area (Å²) in [6, 6.07) is 5.43. The Labute approximate surface area is 130 Å². The highest BCUT2D eigenvalue weighted by atomic mass is 79.9. The van der Waals surface area contributed by atoms with Gasteiger partial charge in [0.25, 0.3) is 0 Å². The fourth-order valence-corrected chi connectivity index (χ4v) is 4.11. The van der Waals surface area contributed by atoms with Crippen LogP contribution in [0, 0.1) is 17.7 Å². The maximum Gasteiger partial charge on any atom is 0.124 e. The lowest BCUT2D eigenvalue weighted by Crippen LogP contribution is -2.31. The molecule has 1 aliphatic rings. The molecule has 1 aromatic rings. The van der Waals surface area contributed by atoms with E-state index in [1.807, 2.05) is 6.07 Å². The molecule has 0 aromatic heterocycles. The predicted molar refractivity (Wildman–Crippen MR) is 86.3 cm³/mol. The molecule has 1 saturated carbocycles. The van der Waals surface area contributed by atoms with Gasteiger partial charge >= 0.3 is 0 Å². The predicted octanol–water partition coefficient (Wildman–Crippen LogP) is 5.46. The molecule has 3 atom stereocenters. The smallest absolute Gasteiger partial charge is 0.124 e. The van der Waals surface area contributed by atoms with Gasteiger partial charge in [-0.05, 0) is 48.9 Å². The maximum absolute atomic E-state index is 13.3. The average Bonchev–Trinajstić information content (AvgIpc) is 2.45. The van der Waals surface area contributed by atoms with Crippen LogP contribution in [0.4, 0.5) is 4.39 Å². The number of hydrogen-bond acceptors (Lipinski definition) is 1. The molecule has 1 aliphatic carbocycles. The summed E-state index contributed by atoms with van der Waals surface area (Å²) < 4.78 is 14.2. The summed E-state index contributed by atoms with van der Waals surface area (Å²) in [4.78, 5) is 0. The Bertz CT molecular complexity index is 435. The lowest BCUT2D eigenvalue weighted by molar-refractivity contribution is 0.210. The van der Waals surface area contributed by atoms with Gasteiger partial charge in [0.05, 0.1) is 0 Å². The van der Waals surface area contributed by atoms with Crippen molar-refractivity contribution in [3.8, 4) is 0 Å². The molecule has 3 unspecified atom stereocenters. The summed E-state index contributed by atoms with van der Waals surface area (Å²) in [5.41, 5.74) is 1.20. The topological polar surface area (TPSA) is 12.0 Å². The Hall–Kier alpha value is -0.410. The van der Waals surface area contributed by atoms with Crippen LogP contribution >= 0.6 is 15.9 Å². The molecule has 3 heteroatoms. The highest BCUT2D eigenvalue weighted by Gasteiger charge is 2.29. The van der Waals surface area contributed by atoms with E-state index in [4.69, 9.17) is 0 Å². The first-order valence-corrected chi connectivity index (χ1v) is 8.63. The normalized spacial score (nSPS) is 24.6. The minimum Gasteiger partial charge on any atom is -0.310 e. The van der Waals surface area contributed by atoms with Crippen molar-refractivity contribution in [2.24, 2.45) is 11.8 Å². The molecule has 0 amide bonds. The van der Waals surface area contributed by atoms with Crippen molar-refractivity contribution in [1.29, 1.82) is 0 Å². The first kappa shape index (κ1) is 16.0. The monoisotopic (exact) mass is 341 g/mol. The molecule has 1 nitrogen and oxygen atoms in total. The summed E-state index contributed by atoms with van der Waals surface area (Å²) in [7, 11) is 0. The number of halogens is 2. The van der Waals surface area contributed by atoms with Gasteiger partial charge < -0.3 is 5.32 Å². The summed E-state index contributed by atoms with van der Waals surface area (Å²) in [6.07, 6.45) is 6.54. The number of nitrogens with one attached hydrogen (secondary N) is 1. The van der Waals surface area contributed by atoms with Crippen molar-refractivity contribution in [3.63, 3.8) is 0 Å². The molecule has 0 saturated heterocycles. The Balaban J connectivity index is 2.21. The van der Waals surface area contributed by atoms with Crippen molar-refractivity contribution >= 4 is 15.9 Å². The summed E-state index contributed by atoms with van der Waals surface area (Å²) in [6.45, 7) is 5.38. The van der Waals surface area contributed by atoms with Crippen LogP contribution in [0.2, 0.25) is 0 Å². The second kappa shape index (κ2) is 7.56. The van der Waals surface area contributed by atoms with E-state index in [0.717, 1.165) is 16.9 Å². The van der Waals surface area contributed by atoms with Crippen molar-refractivity contribution in [2.45, 2.75) is 52.0 Å². The van der Waals surface area contributed by atoms with Crippen molar-refractivity contribution in [3.05, 3.63) is 34.1 Å². The van der Waals surface area contributed by atoms with Crippen LogP contribution in [0.5, 0.6) is 0 Å². The molecule has 1 N–H and O–H groups in total. The molecule has 1 fully saturated rings. The maximum atomic E-state index is 13.3.